The van der Waals surface area contributed by atoms with Crippen LogP contribution in [0.5, 0.6) is 17.4 Å². The van der Waals surface area contributed by atoms with Gasteiger partial charge in [0.05, 0.1) is 23.4 Å². The van der Waals surface area contributed by atoms with E-state index < -0.39 is 29.3 Å². The molecule has 0 aliphatic rings. The molecule has 2 rings (SSSR count). The van der Waals surface area contributed by atoms with Gasteiger partial charge in [0.2, 0.25) is 5.88 Å². The average Bonchev–Trinajstić information content (AvgIpc) is 2.77. The summed E-state index contributed by atoms with van der Waals surface area (Å²) in [6.45, 7) is 13.3. The summed E-state index contributed by atoms with van der Waals surface area (Å²) in [7, 11) is 0. The Bertz CT molecular complexity index is 1090. The van der Waals surface area contributed by atoms with Crippen molar-refractivity contribution in [2.75, 3.05) is 6.61 Å². The number of esters is 1. The molecule has 1 N–H and O–H groups in total. The van der Waals surface area contributed by atoms with Gasteiger partial charge in [-0.1, -0.05) is 57.3 Å². The minimum Gasteiger partial charge on any atom is -0.476 e. The molecule has 0 spiro atoms. The molecule has 0 bridgehead atoms. The van der Waals surface area contributed by atoms with Crippen LogP contribution >= 0.6 is 23.2 Å². The number of benzene rings is 1. The third-order valence-electron chi connectivity index (χ3n) is 4.99. The van der Waals surface area contributed by atoms with Crippen LogP contribution in [-0.2, 0) is 9.53 Å². The maximum Gasteiger partial charge on any atom is 0.329 e. The van der Waals surface area contributed by atoms with Crippen LogP contribution in [-0.4, -0.2) is 35.1 Å². The Morgan fingerprint density at radius 3 is 2.33 bits per heavy atom. The van der Waals surface area contributed by atoms with Crippen molar-refractivity contribution in [2.24, 2.45) is 11.8 Å². The smallest absolute Gasteiger partial charge is 0.329 e. The number of ether oxygens (including phenoxy) is 3. The van der Waals surface area contributed by atoms with Gasteiger partial charge in [-0.3, -0.25) is 4.79 Å². The normalized spacial score (nSPS) is 13.2. The second kappa shape index (κ2) is 12.6. The molecule has 198 valence electrons. The van der Waals surface area contributed by atoms with E-state index in [2.05, 4.69) is 10.3 Å². The van der Waals surface area contributed by atoms with Crippen LogP contribution in [0.15, 0.2) is 24.4 Å². The molecule has 36 heavy (non-hydrogen) atoms. The highest BCUT2D eigenvalue weighted by molar-refractivity contribution is 6.32. The topological polar surface area (TPSA) is 86.8 Å². The molecule has 10 heteroatoms. The molecule has 7 nitrogen and oxygen atoms in total. The van der Waals surface area contributed by atoms with Gasteiger partial charge >= 0.3 is 5.97 Å². The van der Waals surface area contributed by atoms with Crippen LogP contribution in [0, 0.1) is 17.7 Å². The number of amides is 1. The molecule has 1 heterocycles. The number of pyridine rings is 1. The second-order valence-electron chi connectivity index (χ2n) is 9.90. The minimum atomic E-state index is -0.958. The van der Waals surface area contributed by atoms with Gasteiger partial charge in [-0.2, -0.15) is 0 Å². The van der Waals surface area contributed by atoms with Gasteiger partial charge in [0, 0.05) is 12.1 Å². The number of hydrogen-bond donors (Lipinski definition) is 1. The van der Waals surface area contributed by atoms with Gasteiger partial charge < -0.3 is 19.5 Å². The van der Waals surface area contributed by atoms with Crippen molar-refractivity contribution in [3.63, 3.8) is 0 Å². The summed E-state index contributed by atoms with van der Waals surface area (Å²) in [5.74, 6) is -1.80. The lowest BCUT2D eigenvalue weighted by molar-refractivity contribution is -0.158. The molecule has 0 radical (unpaired) electrons. The quantitative estimate of drug-likeness (QED) is 0.330. The predicted octanol–water partition coefficient (Wildman–Crippen LogP) is 6.84. The average molecular weight is 543 g/mol. The monoisotopic (exact) mass is 542 g/mol. The van der Waals surface area contributed by atoms with Gasteiger partial charge in [-0.25, -0.2) is 14.2 Å². The van der Waals surface area contributed by atoms with Gasteiger partial charge in [0.1, 0.15) is 34.0 Å². The maximum absolute atomic E-state index is 14.9. The number of halogens is 3. The number of aromatic nitrogens is 1. The van der Waals surface area contributed by atoms with E-state index in [1.54, 1.807) is 27.7 Å². The largest absolute Gasteiger partial charge is 0.476 e. The minimum absolute atomic E-state index is 0.0184. The molecular weight excluding hydrogens is 510 g/mol. The highest BCUT2D eigenvalue weighted by Gasteiger charge is 2.31. The number of nitrogens with zero attached hydrogens (tertiary/aromatic N) is 1. The zero-order valence-electron chi connectivity index (χ0n) is 21.6. The number of carbonyl (C=O) groups excluding carboxylic acids is 2. The van der Waals surface area contributed by atoms with Gasteiger partial charge in [-0.05, 0) is 38.7 Å². The molecular formula is C26H33Cl2FN2O5. The zero-order valence-corrected chi connectivity index (χ0v) is 23.1. The fourth-order valence-corrected chi connectivity index (χ4v) is 3.39. The third kappa shape index (κ3) is 8.52. The summed E-state index contributed by atoms with van der Waals surface area (Å²) in [5.41, 5.74) is -1.07. The maximum atomic E-state index is 14.9. The fourth-order valence-electron chi connectivity index (χ4n) is 2.98. The highest BCUT2D eigenvalue weighted by atomic mass is 35.5. The third-order valence-corrected chi connectivity index (χ3v) is 5.56. The fraction of sp³-hybridized carbons (Fsp3) is 0.500. The number of carbonyl (C=O) groups is 2. The van der Waals surface area contributed by atoms with E-state index >= 15 is 0 Å². The number of nitrogens with one attached hydrogen (secondary N) is 1. The Kier molecular flexibility index (Phi) is 10.4. The van der Waals surface area contributed by atoms with E-state index in [9.17, 15) is 14.0 Å². The summed E-state index contributed by atoms with van der Waals surface area (Å²) in [4.78, 5) is 29.7. The summed E-state index contributed by atoms with van der Waals surface area (Å²) in [6, 6.07) is 2.64. The van der Waals surface area contributed by atoms with Crippen LogP contribution in [0.3, 0.4) is 0 Å². The molecule has 1 aromatic heterocycles. The van der Waals surface area contributed by atoms with Crippen LogP contribution in [0.1, 0.15) is 65.2 Å². The molecule has 0 saturated heterocycles. The van der Waals surface area contributed by atoms with Crippen molar-refractivity contribution in [3.05, 3.63) is 45.8 Å². The Morgan fingerprint density at radius 1 is 1.11 bits per heavy atom. The Balaban J connectivity index is 2.21. The Hall–Kier alpha value is -2.58. The van der Waals surface area contributed by atoms with E-state index in [1.807, 2.05) is 20.8 Å². The van der Waals surface area contributed by atoms with Crippen molar-refractivity contribution in [1.82, 2.24) is 10.3 Å². The first kappa shape index (κ1) is 29.6. The van der Waals surface area contributed by atoms with E-state index in [1.165, 1.54) is 12.3 Å². The molecule has 0 fully saturated rings. The molecule has 2 atom stereocenters. The van der Waals surface area contributed by atoms with Crippen molar-refractivity contribution < 1.29 is 28.2 Å². The molecule has 2 aromatic rings. The van der Waals surface area contributed by atoms with Crippen LogP contribution in [0.4, 0.5) is 4.39 Å². The van der Waals surface area contributed by atoms with Gasteiger partial charge in [0.25, 0.3) is 5.91 Å². The zero-order chi connectivity index (χ0) is 27.2. The van der Waals surface area contributed by atoms with Crippen molar-refractivity contribution in [2.45, 2.75) is 66.5 Å². The SMILES string of the molecule is CC[C@@H](C)[C@H](NC(=O)c1cc(Cl)c(Oc2cnc(OCC(C)C)c(Cl)c2)cc1F)C(=O)OC(C)(C)C. The van der Waals surface area contributed by atoms with E-state index in [-0.39, 0.29) is 38.9 Å². The first-order chi connectivity index (χ1) is 16.7. The summed E-state index contributed by atoms with van der Waals surface area (Å²) in [5, 5.41) is 2.79. The Labute approximate surface area is 221 Å². The lowest BCUT2D eigenvalue weighted by Crippen LogP contribution is -2.48. The van der Waals surface area contributed by atoms with Crippen molar-refractivity contribution in [1.29, 1.82) is 0 Å². The number of rotatable bonds is 10. The van der Waals surface area contributed by atoms with Crippen LogP contribution in [0.2, 0.25) is 10.0 Å². The molecule has 0 unspecified atom stereocenters. The molecule has 0 aliphatic carbocycles. The van der Waals surface area contributed by atoms with E-state index in [0.29, 0.717) is 18.9 Å². The Morgan fingerprint density at radius 2 is 1.78 bits per heavy atom. The van der Waals surface area contributed by atoms with Crippen LogP contribution in [0.25, 0.3) is 0 Å². The number of hydrogen-bond acceptors (Lipinski definition) is 6. The van der Waals surface area contributed by atoms with Crippen LogP contribution < -0.4 is 14.8 Å². The van der Waals surface area contributed by atoms with E-state index in [4.69, 9.17) is 37.4 Å². The first-order valence-corrected chi connectivity index (χ1v) is 12.5. The summed E-state index contributed by atoms with van der Waals surface area (Å²) < 4.78 is 31.5. The summed E-state index contributed by atoms with van der Waals surface area (Å²) in [6.07, 6.45) is 1.96. The van der Waals surface area contributed by atoms with Gasteiger partial charge in [0.15, 0.2) is 0 Å². The van der Waals surface area contributed by atoms with E-state index in [0.717, 1.165) is 12.1 Å². The first-order valence-electron chi connectivity index (χ1n) is 11.7. The molecule has 0 saturated carbocycles. The summed E-state index contributed by atoms with van der Waals surface area (Å²) >= 11 is 12.5. The second-order valence-corrected chi connectivity index (χ2v) is 10.7. The molecule has 1 aromatic carbocycles. The van der Waals surface area contributed by atoms with Crippen molar-refractivity contribution in [3.8, 4) is 17.4 Å². The standard InChI is InChI=1S/C26H33Cl2FN2O5/c1-8-15(4)22(25(33)36-26(5,6)7)31-23(32)17-10-18(27)21(11-20(17)29)35-16-9-19(28)24(30-12-16)34-13-14(2)3/h9-12,14-15,22H,8,13H2,1-7H3,(H,31,32)/t15-,22+/m1/s1. The lowest BCUT2D eigenvalue weighted by atomic mass is 9.98. The predicted molar refractivity (Wildman–Crippen MR) is 138 cm³/mol. The van der Waals surface area contributed by atoms with Gasteiger partial charge in [-0.15, -0.1) is 0 Å². The molecule has 0 aliphatic heterocycles. The van der Waals surface area contributed by atoms with Crippen molar-refractivity contribution >= 4 is 35.1 Å². The lowest BCUT2D eigenvalue weighted by Gasteiger charge is -2.27. The highest BCUT2D eigenvalue weighted by Crippen LogP contribution is 2.34. The molecule has 1 amide bonds.